The lowest BCUT2D eigenvalue weighted by Crippen LogP contribution is -2.42. The summed E-state index contributed by atoms with van der Waals surface area (Å²) < 4.78 is 37.7. The summed E-state index contributed by atoms with van der Waals surface area (Å²) >= 11 is 0. The number of nitrogens with zero attached hydrogens (tertiary/aromatic N) is 2. The van der Waals surface area contributed by atoms with Gasteiger partial charge in [-0.15, -0.1) is 0 Å². The fourth-order valence-corrected chi connectivity index (χ4v) is 1.95. The zero-order valence-corrected chi connectivity index (χ0v) is 13.1. The highest BCUT2D eigenvalue weighted by Gasteiger charge is 2.33. The average Bonchev–Trinajstić information content (AvgIpc) is 2.58. The van der Waals surface area contributed by atoms with Crippen LogP contribution >= 0.6 is 0 Å². The molecule has 26 heavy (non-hydrogen) atoms. The van der Waals surface area contributed by atoms with E-state index in [4.69, 9.17) is 0 Å². The first kappa shape index (κ1) is 18.8. The number of nitro benzene ring substituents is 1. The van der Waals surface area contributed by atoms with Gasteiger partial charge in [-0.3, -0.25) is 30.6 Å². The van der Waals surface area contributed by atoms with Gasteiger partial charge in [-0.25, -0.2) is 4.98 Å². The highest BCUT2D eigenvalue weighted by atomic mass is 19.4. The van der Waals surface area contributed by atoms with Gasteiger partial charge in [-0.05, 0) is 31.2 Å². The molecule has 11 heteroatoms. The lowest BCUT2D eigenvalue weighted by molar-refractivity contribution is -0.384. The molecule has 2 aromatic rings. The molecule has 0 unspecified atom stereocenters. The van der Waals surface area contributed by atoms with Gasteiger partial charge in [-0.1, -0.05) is 0 Å². The Balaban J connectivity index is 2.04. The number of amides is 2. The number of hydrogen-bond acceptors (Lipinski definition) is 5. The van der Waals surface area contributed by atoms with Crippen LogP contribution in [0.1, 0.15) is 32.1 Å². The number of aromatic nitrogens is 1. The van der Waals surface area contributed by atoms with E-state index in [1.165, 1.54) is 19.1 Å². The number of non-ortho nitro benzene ring substituents is 1. The molecule has 0 saturated heterocycles. The average molecular weight is 368 g/mol. The fraction of sp³-hybridized carbons (Fsp3) is 0.133. The second-order valence-corrected chi connectivity index (χ2v) is 5.04. The summed E-state index contributed by atoms with van der Waals surface area (Å²) in [7, 11) is 0. The number of hydrazine groups is 1. The molecule has 0 fully saturated rings. The van der Waals surface area contributed by atoms with Crippen LogP contribution in [0.5, 0.6) is 0 Å². The number of aryl methyl sites for hydroxylation is 1. The number of rotatable bonds is 3. The second-order valence-electron chi connectivity index (χ2n) is 5.04. The molecule has 136 valence electrons. The highest BCUT2D eigenvalue weighted by molar-refractivity contribution is 5.99. The van der Waals surface area contributed by atoms with Gasteiger partial charge in [0, 0.05) is 17.7 Å². The van der Waals surface area contributed by atoms with Crippen molar-refractivity contribution in [2.75, 3.05) is 0 Å². The Morgan fingerprint density at radius 2 is 1.62 bits per heavy atom. The van der Waals surface area contributed by atoms with E-state index in [0.29, 0.717) is 6.07 Å². The molecular formula is C15H11F3N4O4. The summed E-state index contributed by atoms with van der Waals surface area (Å²) in [6.45, 7) is 1.22. The van der Waals surface area contributed by atoms with Crippen LogP contribution in [-0.2, 0) is 6.18 Å². The topological polar surface area (TPSA) is 114 Å². The zero-order valence-electron chi connectivity index (χ0n) is 13.1. The Kier molecular flexibility index (Phi) is 5.19. The summed E-state index contributed by atoms with van der Waals surface area (Å²) in [5.41, 5.74) is 2.48. The van der Waals surface area contributed by atoms with Crippen LogP contribution in [0, 0.1) is 17.0 Å². The summed E-state index contributed by atoms with van der Waals surface area (Å²) in [6.07, 6.45) is -4.64. The van der Waals surface area contributed by atoms with Gasteiger partial charge in [0.1, 0.15) is 5.69 Å². The van der Waals surface area contributed by atoms with Crippen LogP contribution < -0.4 is 10.9 Å². The molecule has 2 amide bonds. The van der Waals surface area contributed by atoms with E-state index in [-0.39, 0.29) is 22.5 Å². The van der Waals surface area contributed by atoms with E-state index in [1.54, 1.807) is 0 Å². The van der Waals surface area contributed by atoms with E-state index in [2.05, 4.69) is 10.4 Å². The van der Waals surface area contributed by atoms with E-state index >= 15 is 0 Å². The maximum absolute atomic E-state index is 12.6. The quantitative estimate of drug-likeness (QED) is 0.638. The number of pyridine rings is 1. The first-order chi connectivity index (χ1) is 12.1. The number of carbonyl (C=O) groups excluding carboxylic acids is 2. The van der Waals surface area contributed by atoms with Gasteiger partial charge in [0.15, 0.2) is 0 Å². The van der Waals surface area contributed by atoms with Gasteiger partial charge in [0.2, 0.25) is 0 Å². The molecule has 0 aliphatic rings. The van der Waals surface area contributed by atoms with Crippen molar-refractivity contribution in [2.24, 2.45) is 0 Å². The zero-order chi connectivity index (χ0) is 19.5. The Morgan fingerprint density at radius 1 is 1.04 bits per heavy atom. The Bertz CT molecular complexity index is 866. The number of alkyl halides is 3. The molecule has 0 aliphatic heterocycles. The van der Waals surface area contributed by atoms with Crippen molar-refractivity contribution < 1.29 is 27.7 Å². The number of hydrogen-bond donors (Lipinski definition) is 2. The van der Waals surface area contributed by atoms with Gasteiger partial charge >= 0.3 is 6.18 Å². The number of carbonyl (C=O) groups is 2. The number of halogens is 3. The third-order valence-electron chi connectivity index (χ3n) is 3.25. The van der Waals surface area contributed by atoms with E-state index in [9.17, 15) is 32.9 Å². The van der Waals surface area contributed by atoms with Crippen LogP contribution in [0.15, 0.2) is 36.4 Å². The standard InChI is InChI=1S/C15H11F3N4O4/c1-8-11(6-7-12(19-8)15(16,17)18)14(24)21-20-13(23)9-2-4-10(5-3-9)22(25)26/h2-7H,1H3,(H,20,23)(H,21,24). The summed E-state index contributed by atoms with van der Waals surface area (Å²) in [5.74, 6) is -1.62. The number of nitro groups is 1. The summed E-state index contributed by atoms with van der Waals surface area (Å²) in [6, 6.07) is 6.19. The number of benzene rings is 1. The van der Waals surface area contributed by atoms with Gasteiger partial charge in [0.25, 0.3) is 17.5 Å². The first-order valence-corrected chi connectivity index (χ1v) is 6.99. The SMILES string of the molecule is Cc1nc(C(F)(F)F)ccc1C(=O)NNC(=O)c1ccc([N+](=O)[O-])cc1. The molecule has 0 radical (unpaired) electrons. The van der Waals surface area contributed by atoms with Crippen molar-refractivity contribution in [3.63, 3.8) is 0 Å². The molecular weight excluding hydrogens is 357 g/mol. The van der Waals surface area contributed by atoms with Crippen LogP contribution in [0.25, 0.3) is 0 Å². The Labute approximate surface area is 144 Å². The van der Waals surface area contributed by atoms with Gasteiger partial charge in [-0.2, -0.15) is 13.2 Å². The number of nitrogens with one attached hydrogen (secondary N) is 2. The molecule has 8 nitrogen and oxygen atoms in total. The van der Waals surface area contributed by atoms with Crippen LogP contribution in [0.4, 0.5) is 18.9 Å². The monoisotopic (exact) mass is 368 g/mol. The van der Waals surface area contributed by atoms with Crippen molar-refractivity contribution in [2.45, 2.75) is 13.1 Å². The van der Waals surface area contributed by atoms with Crippen LogP contribution in [0.3, 0.4) is 0 Å². The predicted molar refractivity (Wildman–Crippen MR) is 82.0 cm³/mol. The van der Waals surface area contributed by atoms with Crippen molar-refractivity contribution in [3.05, 3.63) is 69.0 Å². The molecule has 0 atom stereocenters. The molecule has 0 saturated carbocycles. The van der Waals surface area contributed by atoms with Gasteiger partial charge in [0.05, 0.1) is 16.2 Å². The minimum Gasteiger partial charge on any atom is -0.267 e. The fourth-order valence-electron chi connectivity index (χ4n) is 1.95. The lowest BCUT2D eigenvalue weighted by atomic mass is 10.1. The third-order valence-corrected chi connectivity index (χ3v) is 3.25. The highest BCUT2D eigenvalue weighted by Crippen LogP contribution is 2.28. The van der Waals surface area contributed by atoms with E-state index in [0.717, 1.165) is 18.2 Å². The Morgan fingerprint density at radius 3 is 2.12 bits per heavy atom. The van der Waals surface area contributed by atoms with Crippen molar-refractivity contribution in [3.8, 4) is 0 Å². The maximum atomic E-state index is 12.6. The van der Waals surface area contributed by atoms with Crippen LogP contribution in [0.2, 0.25) is 0 Å². The summed E-state index contributed by atoms with van der Waals surface area (Å²) in [4.78, 5) is 37.1. The van der Waals surface area contributed by atoms with Crippen LogP contribution in [-0.4, -0.2) is 21.7 Å². The largest absolute Gasteiger partial charge is 0.433 e. The Hall–Kier alpha value is -3.50. The van der Waals surface area contributed by atoms with E-state index in [1.807, 2.05) is 5.43 Å². The van der Waals surface area contributed by atoms with E-state index < -0.39 is 28.6 Å². The first-order valence-electron chi connectivity index (χ1n) is 6.99. The summed E-state index contributed by atoms with van der Waals surface area (Å²) in [5, 5.41) is 10.5. The lowest BCUT2D eigenvalue weighted by Gasteiger charge is -2.11. The van der Waals surface area contributed by atoms with Gasteiger partial charge < -0.3 is 0 Å². The molecule has 1 aromatic heterocycles. The molecule has 2 rings (SSSR count). The normalized spacial score (nSPS) is 10.9. The second kappa shape index (κ2) is 7.17. The molecule has 2 N–H and O–H groups in total. The third kappa shape index (κ3) is 4.32. The smallest absolute Gasteiger partial charge is 0.267 e. The predicted octanol–water partition coefficient (Wildman–Crippen LogP) is 2.39. The molecule has 0 spiro atoms. The van der Waals surface area contributed by atoms with Crippen molar-refractivity contribution >= 4 is 17.5 Å². The molecule has 0 aliphatic carbocycles. The van der Waals surface area contributed by atoms with Crippen molar-refractivity contribution in [1.29, 1.82) is 0 Å². The minimum absolute atomic E-state index is 0.0400. The van der Waals surface area contributed by atoms with Crippen molar-refractivity contribution in [1.82, 2.24) is 15.8 Å². The maximum Gasteiger partial charge on any atom is 0.433 e. The molecule has 0 bridgehead atoms. The molecule has 1 heterocycles. The minimum atomic E-state index is -4.64. The molecule has 1 aromatic carbocycles.